The van der Waals surface area contributed by atoms with Gasteiger partial charge in [-0.1, -0.05) is 65.7 Å². The van der Waals surface area contributed by atoms with Crippen molar-refractivity contribution in [1.82, 2.24) is 10.2 Å². The summed E-state index contributed by atoms with van der Waals surface area (Å²) in [6, 6.07) is 15.8. The molecule has 3 N–H and O–H groups in total. The molecule has 0 aliphatic heterocycles. The molecule has 2 atom stereocenters. The van der Waals surface area contributed by atoms with Crippen molar-refractivity contribution in [1.29, 1.82) is 0 Å². The first kappa shape index (κ1) is 32.9. The van der Waals surface area contributed by atoms with E-state index in [0.29, 0.717) is 16.8 Å². The summed E-state index contributed by atoms with van der Waals surface area (Å²) in [7, 11) is 0. The second-order valence-electron chi connectivity index (χ2n) is 11.9. The largest absolute Gasteiger partial charge is 0.508 e. The molecule has 0 heterocycles. The summed E-state index contributed by atoms with van der Waals surface area (Å²) in [5.41, 5.74) is 4.91. The van der Waals surface area contributed by atoms with E-state index in [2.05, 4.69) is 17.2 Å². The van der Waals surface area contributed by atoms with Gasteiger partial charge < -0.3 is 25.4 Å². The summed E-state index contributed by atoms with van der Waals surface area (Å²) in [5.74, 6) is -0.795. The Morgan fingerprint density at radius 2 is 1.53 bits per heavy atom. The Kier molecular flexibility index (Phi) is 10.8. The van der Waals surface area contributed by atoms with Crippen LogP contribution in [0, 0.1) is 27.7 Å². The van der Waals surface area contributed by atoms with Gasteiger partial charge in [0.05, 0.1) is 0 Å². The van der Waals surface area contributed by atoms with E-state index >= 15 is 0 Å². The number of phenolic OH excluding ortho intramolecular Hbond substituents is 1. The number of nitrogens with zero attached hydrogens (tertiary/aromatic N) is 1. The summed E-state index contributed by atoms with van der Waals surface area (Å²) >= 11 is 0. The van der Waals surface area contributed by atoms with Crippen molar-refractivity contribution in [2.75, 3.05) is 11.9 Å². The molecule has 0 saturated heterocycles. The minimum atomic E-state index is -1.08. The molecule has 0 aromatic heterocycles. The first-order chi connectivity index (χ1) is 20.2. The minimum absolute atomic E-state index is 0.0404. The second-order valence-corrected chi connectivity index (χ2v) is 11.9. The molecule has 3 amide bonds. The van der Waals surface area contributed by atoms with Gasteiger partial charge in [0, 0.05) is 18.7 Å². The minimum Gasteiger partial charge on any atom is -0.508 e. The lowest BCUT2D eigenvalue weighted by Gasteiger charge is -2.34. The fourth-order valence-corrected chi connectivity index (χ4v) is 5.02. The first-order valence-corrected chi connectivity index (χ1v) is 14.3. The van der Waals surface area contributed by atoms with Crippen molar-refractivity contribution in [3.63, 3.8) is 0 Å². The predicted octanol–water partition coefficient (Wildman–Crippen LogP) is 6.46. The fourth-order valence-electron chi connectivity index (χ4n) is 5.02. The number of aromatic hydroxyl groups is 1. The van der Waals surface area contributed by atoms with Crippen molar-refractivity contribution >= 4 is 23.6 Å². The molecule has 0 radical (unpaired) electrons. The van der Waals surface area contributed by atoms with Crippen molar-refractivity contribution in [3.05, 3.63) is 107 Å². The number of hydrogen-bond donors (Lipinski definition) is 3. The van der Waals surface area contributed by atoms with E-state index in [9.17, 15) is 19.5 Å². The molecule has 0 bridgehead atoms. The van der Waals surface area contributed by atoms with Crippen LogP contribution in [0.25, 0.3) is 0 Å². The van der Waals surface area contributed by atoms with Crippen LogP contribution in [0.15, 0.2) is 73.3 Å². The number of amides is 3. The van der Waals surface area contributed by atoms with Crippen molar-refractivity contribution in [3.8, 4) is 5.75 Å². The number of rotatable bonds is 10. The van der Waals surface area contributed by atoms with Gasteiger partial charge in [-0.05, 0) is 82.9 Å². The third-order valence-corrected chi connectivity index (χ3v) is 6.82. The second kappa shape index (κ2) is 14.1. The van der Waals surface area contributed by atoms with Gasteiger partial charge in [0.15, 0.2) is 0 Å². The number of alkyl carbamates (subject to hydrolysis) is 1. The smallest absolute Gasteiger partial charge is 0.408 e. The Morgan fingerprint density at radius 3 is 2.07 bits per heavy atom. The normalized spacial score (nSPS) is 12.5. The third-order valence-electron chi connectivity index (χ3n) is 6.82. The van der Waals surface area contributed by atoms with E-state index in [1.54, 1.807) is 39.0 Å². The molecule has 228 valence electrons. The van der Waals surface area contributed by atoms with Crippen LogP contribution in [0.3, 0.4) is 0 Å². The molecule has 0 aliphatic carbocycles. The molecule has 8 heteroatoms. The number of aryl methyl sites for hydroxylation is 4. The quantitative estimate of drug-likeness (QED) is 0.237. The highest BCUT2D eigenvalue weighted by Gasteiger charge is 2.36. The fraction of sp³-hybridized carbons (Fsp3) is 0.343. The van der Waals surface area contributed by atoms with Crippen LogP contribution in [0.2, 0.25) is 0 Å². The molecule has 3 aromatic rings. The number of benzene rings is 3. The third kappa shape index (κ3) is 9.20. The van der Waals surface area contributed by atoms with Crippen molar-refractivity contribution in [2.45, 2.75) is 72.6 Å². The van der Waals surface area contributed by atoms with Gasteiger partial charge in [-0.3, -0.25) is 9.59 Å². The van der Waals surface area contributed by atoms with Crippen LogP contribution in [0.1, 0.15) is 60.2 Å². The molecule has 8 nitrogen and oxygen atoms in total. The van der Waals surface area contributed by atoms with Crippen molar-refractivity contribution < 1.29 is 24.2 Å². The van der Waals surface area contributed by atoms with Gasteiger partial charge in [0.1, 0.15) is 23.4 Å². The number of para-hydroxylation sites is 1. The Bertz CT molecular complexity index is 1430. The highest BCUT2D eigenvalue weighted by atomic mass is 16.6. The zero-order valence-corrected chi connectivity index (χ0v) is 26.2. The molecule has 0 fully saturated rings. The molecular formula is C35H43N3O5. The maximum Gasteiger partial charge on any atom is 0.408 e. The number of ether oxygens (including phenoxy) is 1. The van der Waals surface area contributed by atoms with Gasteiger partial charge in [0.25, 0.3) is 5.91 Å². The Hall–Kier alpha value is -4.59. The van der Waals surface area contributed by atoms with E-state index in [-0.39, 0.29) is 18.7 Å². The topological polar surface area (TPSA) is 108 Å². The summed E-state index contributed by atoms with van der Waals surface area (Å²) in [6.07, 6.45) is 0.904. The first-order valence-electron chi connectivity index (χ1n) is 14.3. The standard InChI is InChI=1S/C35H43N3O5/c1-9-17-38(33(41)29(36-34(42)43-35(6,7)8)21-26-13-15-28(39)16-14-26)31(27-19-22(2)18-23(3)20-27)32(40)37-30-24(4)11-10-12-25(30)5/h9-16,18-20,29,31,39H,1,17,21H2,2-8H3,(H,36,42)(H,37,40). The number of hydrogen-bond acceptors (Lipinski definition) is 5. The molecule has 2 unspecified atom stereocenters. The highest BCUT2D eigenvalue weighted by Crippen LogP contribution is 2.29. The van der Waals surface area contributed by atoms with Gasteiger partial charge in [-0.2, -0.15) is 0 Å². The number of nitrogens with one attached hydrogen (secondary N) is 2. The summed E-state index contributed by atoms with van der Waals surface area (Å²) in [5, 5.41) is 15.6. The Morgan fingerprint density at radius 1 is 0.953 bits per heavy atom. The molecule has 0 aliphatic rings. The number of anilines is 1. The number of carbonyl (C=O) groups is 3. The van der Waals surface area contributed by atoms with Crippen LogP contribution in [0.5, 0.6) is 5.75 Å². The SMILES string of the molecule is C=CCN(C(=O)C(Cc1ccc(O)cc1)NC(=O)OC(C)(C)C)C(C(=O)Nc1c(C)cccc1C)c1cc(C)cc(C)c1. The van der Waals surface area contributed by atoms with Gasteiger partial charge in [-0.15, -0.1) is 6.58 Å². The monoisotopic (exact) mass is 585 g/mol. The summed E-state index contributed by atoms with van der Waals surface area (Å²) in [6.45, 7) is 16.8. The van der Waals surface area contributed by atoms with E-state index in [0.717, 1.165) is 22.3 Å². The number of carbonyl (C=O) groups excluding carboxylic acids is 3. The maximum atomic E-state index is 14.5. The van der Waals surface area contributed by atoms with Crippen molar-refractivity contribution in [2.24, 2.45) is 0 Å². The molecule has 3 aromatic carbocycles. The van der Waals surface area contributed by atoms with Gasteiger partial charge in [-0.25, -0.2) is 4.79 Å². The molecule has 0 saturated carbocycles. The summed E-state index contributed by atoms with van der Waals surface area (Å²) in [4.78, 5) is 43.0. The van der Waals surface area contributed by atoms with E-state index in [1.807, 2.05) is 64.1 Å². The lowest BCUT2D eigenvalue weighted by Crippen LogP contribution is -2.53. The van der Waals surface area contributed by atoms with E-state index in [1.165, 1.54) is 17.0 Å². The van der Waals surface area contributed by atoms with Crippen LogP contribution in [-0.4, -0.2) is 46.1 Å². The average Bonchev–Trinajstić information content (AvgIpc) is 2.89. The molecular weight excluding hydrogens is 542 g/mol. The lowest BCUT2D eigenvalue weighted by atomic mass is 9.97. The van der Waals surface area contributed by atoms with E-state index in [4.69, 9.17) is 4.74 Å². The van der Waals surface area contributed by atoms with Crippen LogP contribution >= 0.6 is 0 Å². The number of phenols is 1. The van der Waals surface area contributed by atoms with Crippen LogP contribution < -0.4 is 10.6 Å². The van der Waals surface area contributed by atoms with E-state index < -0.39 is 35.6 Å². The zero-order valence-electron chi connectivity index (χ0n) is 26.2. The van der Waals surface area contributed by atoms with Gasteiger partial charge >= 0.3 is 6.09 Å². The molecule has 0 spiro atoms. The molecule has 3 rings (SSSR count). The maximum absolute atomic E-state index is 14.5. The highest BCUT2D eigenvalue weighted by molar-refractivity contribution is 6.00. The zero-order chi connectivity index (χ0) is 31.9. The van der Waals surface area contributed by atoms with Gasteiger partial charge in [0.2, 0.25) is 5.91 Å². The average molecular weight is 586 g/mol. The van der Waals surface area contributed by atoms with Crippen LogP contribution in [-0.2, 0) is 20.7 Å². The Labute approximate surface area is 254 Å². The summed E-state index contributed by atoms with van der Waals surface area (Å²) < 4.78 is 5.48. The van der Waals surface area contributed by atoms with Crippen LogP contribution in [0.4, 0.5) is 10.5 Å². The Balaban J connectivity index is 2.11. The predicted molar refractivity (Wildman–Crippen MR) is 170 cm³/mol. The lowest BCUT2D eigenvalue weighted by molar-refractivity contribution is -0.140. The molecule has 43 heavy (non-hydrogen) atoms.